The fraction of sp³-hybridized carbons (Fsp3) is 0. The van der Waals surface area contributed by atoms with E-state index < -0.39 is 0 Å². The van der Waals surface area contributed by atoms with Gasteiger partial charge in [0, 0.05) is 0 Å². The van der Waals surface area contributed by atoms with Crippen molar-refractivity contribution in [1.82, 2.24) is 0 Å². The topological polar surface area (TPSA) is 0 Å². The van der Waals surface area contributed by atoms with E-state index in [1.807, 2.05) is 0 Å². The van der Waals surface area contributed by atoms with Crippen molar-refractivity contribution < 1.29 is 0 Å². The Hall–Kier alpha value is -4.94. The Bertz CT molecular complexity index is 2870. The zero-order valence-electron chi connectivity index (χ0n) is 30.4. The Labute approximate surface area is 301 Å². The normalized spacial score (nSPS) is 11.8. The third kappa shape index (κ3) is 4.11. The second-order valence-electron chi connectivity index (χ2n) is 14.6. The van der Waals surface area contributed by atoms with Gasteiger partial charge in [-0.25, -0.2) is 0 Å². The Morgan fingerprint density at radius 3 is 1.08 bits per heavy atom. The summed E-state index contributed by atoms with van der Waals surface area (Å²) in [6.45, 7) is 0. The van der Waals surface area contributed by atoms with Gasteiger partial charge >= 0.3 is 0 Å². The van der Waals surface area contributed by atoms with Crippen molar-refractivity contribution in [3.63, 3.8) is 0 Å². The van der Waals surface area contributed by atoms with Gasteiger partial charge in [-0.05, 0) is 93.0 Å². The van der Waals surface area contributed by atoms with E-state index in [0.717, 1.165) is 0 Å². The molecule has 0 unspecified atom stereocenters. The third-order valence-electron chi connectivity index (χ3n) is 12.5. The molecule has 0 N–H and O–H groups in total. The van der Waals surface area contributed by atoms with Gasteiger partial charge < -0.3 is 0 Å². The summed E-state index contributed by atoms with van der Waals surface area (Å²) in [7, 11) is 18.7. The maximum atomic E-state index is 2.55. The maximum absolute atomic E-state index is 2.55. The lowest BCUT2D eigenvalue weighted by molar-refractivity contribution is 1.69. The Morgan fingerprint density at radius 1 is 0.260 bits per heavy atom. The quantitative estimate of drug-likeness (QED) is 0.119. The number of rotatable bonds is 2. The highest BCUT2D eigenvalue weighted by Crippen LogP contribution is 2.47. The van der Waals surface area contributed by atoms with E-state index in [2.05, 4.69) is 172 Å². The molecule has 0 nitrogen and oxygen atoms in total. The van der Waals surface area contributed by atoms with Crippen LogP contribution in [0.15, 0.2) is 109 Å². The average Bonchev–Trinajstić information content (AvgIpc) is 3.16. The summed E-state index contributed by atoms with van der Waals surface area (Å²) in [6, 6.07) is 40.8. The molecule has 0 heterocycles. The molecule has 0 aliphatic heterocycles. The van der Waals surface area contributed by atoms with E-state index in [4.69, 9.17) is 0 Å². The van der Waals surface area contributed by atoms with E-state index in [-0.39, 0.29) is 0 Å². The second-order valence-corrected chi connectivity index (χ2v) is 14.6. The summed E-state index contributed by atoms with van der Waals surface area (Å²) in [4.78, 5) is 0. The van der Waals surface area contributed by atoms with Crippen LogP contribution in [0.1, 0.15) is 0 Å². The van der Waals surface area contributed by atoms with Gasteiger partial charge in [0.25, 0.3) is 0 Å². The molecule has 0 saturated heterocycles. The first kappa shape index (κ1) is 31.1. The fourth-order valence-corrected chi connectivity index (χ4v) is 9.26. The lowest BCUT2D eigenvalue weighted by atomic mass is 9.59. The maximum Gasteiger partial charge on any atom is 0.139 e. The van der Waals surface area contributed by atoms with Gasteiger partial charge in [0.05, 0.1) is 0 Å². The van der Waals surface area contributed by atoms with Crippen LogP contribution < -0.4 is 43.7 Å². The Morgan fingerprint density at radius 2 is 0.600 bits per heavy atom. The fourth-order valence-electron chi connectivity index (χ4n) is 9.26. The van der Waals surface area contributed by atoms with Crippen LogP contribution in [0, 0.1) is 0 Å². The molecule has 9 aromatic carbocycles. The zero-order chi connectivity index (χ0) is 34.6. The summed E-state index contributed by atoms with van der Waals surface area (Å²) in [5.74, 6) is 0. The molecule has 0 saturated carbocycles. The Balaban J connectivity index is 1.65. The molecule has 0 atom stereocenters. The van der Waals surface area contributed by atoms with E-state index in [1.54, 1.807) is 0 Å². The minimum absolute atomic E-state index is 1.28. The molecule has 9 rings (SSSR count). The third-order valence-corrected chi connectivity index (χ3v) is 12.5. The van der Waals surface area contributed by atoms with Crippen molar-refractivity contribution in [2.75, 3.05) is 0 Å². The predicted molar refractivity (Wildman–Crippen MR) is 248 cm³/mol. The smallest absolute Gasteiger partial charge is 0.101 e. The van der Waals surface area contributed by atoms with E-state index in [0.29, 0.717) is 0 Å². The van der Waals surface area contributed by atoms with E-state index in [1.165, 1.54) is 131 Å². The first-order chi connectivity index (χ1) is 24.2. The standard InChI is InChI=1S/C42H34B8/c43-35-31-28(19-10-2-1-3-11-19)32-34(38(46)42(50)40(48)36(32)44)30(33(31)37(45)41(49)39(35)47)27-18-26-22-14-5-4-12-20(22)21-13-6-8-16-24(21)29(26)25-17-9-7-15-23(25)27/h1-18H,43-50H2. The molecule has 9 aromatic rings. The molecule has 0 aliphatic rings. The van der Waals surface area contributed by atoms with Gasteiger partial charge in [0.1, 0.15) is 62.8 Å². The van der Waals surface area contributed by atoms with E-state index >= 15 is 0 Å². The lowest BCUT2D eigenvalue weighted by Crippen LogP contribution is -2.50. The summed E-state index contributed by atoms with van der Waals surface area (Å²) < 4.78 is 0. The van der Waals surface area contributed by atoms with Crippen LogP contribution in [-0.4, -0.2) is 62.8 Å². The van der Waals surface area contributed by atoms with Gasteiger partial charge in [-0.2, -0.15) is 0 Å². The Kier molecular flexibility index (Phi) is 7.02. The highest BCUT2D eigenvalue weighted by atomic mass is 14.3. The van der Waals surface area contributed by atoms with Gasteiger partial charge in [0.15, 0.2) is 0 Å². The van der Waals surface area contributed by atoms with Crippen LogP contribution in [0.2, 0.25) is 0 Å². The van der Waals surface area contributed by atoms with Gasteiger partial charge in [0.2, 0.25) is 0 Å². The molecule has 0 aromatic heterocycles. The summed E-state index contributed by atoms with van der Waals surface area (Å²) in [6.07, 6.45) is 0. The molecule has 226 valence electrons. The zero-order valence-corrected chi connectivity index (χ0v) is 30.4. The van der Waals surface area contributed by atoms with Crippen molar-refractivity contribution in [3.8, 4) is 22.3 Å². The van der Waals surface area contributed by atoms with E-state index in [9.17, 15) is 0 Å². The van der Waals surface area contributed by atoms with Crippen LogP contribution >= 0.6 is 0 Å². The van der Waals surface area contributed by atoms with Crippen molar-refractivity contribution in [1.29, 1.82) is 0 Å². The van der Waals surface area contributed by atoms with Crippen LogP contribution in [0.4, 0.5) is 0 Å². The van der Waals surface area contributed by atoms with Gasteiger partial charge in [-0.15, -0.1) is 21.9 Å². The molecule has 0 fully saturated rings. The molecule has 0 radical (unpaired) electrons. The minimum Gasteiger partial charge on any atom is -0.101 e. The SMILES string of the molecule is Bc1c(B)c(B)c2c(-c3cc4c5ccccc5c5ccccc5c4c4ccccc34)c3c(B)c(B)c(B)c(B)c3c(-c3ccccc3)c2c1B. The molecule has 0 spiro atoms. The minimum atomic E-state index is 1.28. The molecular formula is C42H34B8. The summed E-state index contributed by atoms with van der Waals surface area (Å²) in [5.41, 5.74) is 16.4. The van der Waals surface area contributed by atoms with Gasteiger partial charge in [-0.1, -0.05) is 125 Å². The highest BCUT2D eigenvalue weighted by Gasteiger charge is 2.26. The number of benzene rings is 9. The largest absolute Gasteiger partial charge is 0.139 e. The van der Waals surface area contributed by atoms with Crippen LogP contribution in [0.3, 0.4) is 0 Å². The molecule has 0 amide bonds. The van der Waals surface area contributed by atoms with Crippen molar-refractivity contribution in [2.24, 2.45) is 0 Å². The van der Waals surface area contributed by atoms with Crippen molar-refractivity contribution >= 4 is 171 Å². The van der Waals surface area contributed by atoms with Crippen molar-refractivity contribution in [2.45, 2.75) is 0 Å². The van der Waals surface area contributed by atoms with Crippen molar-refractivity contribution in [3.05, 3.63) is 109 Å². The highest BCUT2D eigenvalue weighted by molar-refractivity contribution is 6.71. The molecule has 0 bridgehead atoms. The first-order valence-electron chi connectivity index (χ1n) is 18.0. The number of hydrogen-bond acceptors (Lipinski definition) is 0. The monoisotopic (exact) mass is 626 g/mol. The molecular weight excluding hydrogens is 591 g/mol. The second kappa shape index (κ2) is 11.3. The van der Waals surface area contributed by atoms with Gasteiger partial charge in [-0.3, -0.25) is 0 Å². The lowest BCUT2D eigenvalue weighted by Gasteiger charge is -2.28. The molecule has 50 heavy (non-hydrogen) atoms. The predicted octanol–water partition coefficient (Wildman–Crippen LogP) is -1.99. The van der Waals surface area contributed by atoms with Crippen LogP contribution in [0.5, 0.6) is 0 Å². The summed E-state index contributed by atoms with van der Waals surface area (Å²) >= 11 is 0. The molecule has 8 heteroatoms. The first-order valence-corrected chi connectivity index (χ1v) is 18.0. The number of fused-ring (bicyclic) bond motifs is 10. The summed E-state index contributed by atoms with van der Waals surface area (Å²) in [5, 5.41) is 16.1. The molecule has 0 aliphatic carbocycles. The van der Waals surface area contributed by atoms with Crippen LogP contribution in [0.25, 0.3) is 86.9 Å². The number of hydrogen-bond donors (Lipinski definition) is 0. The average molecular weight is 625 g/mol. The van der Waals surface area contributed by atoms with Crippen LogP contribution in [-0.2, 0) is 0 Å².